The van der Waals surface area contributed by atoms with Crippen molar-refractivity contribution in [2.45, 2.75) is 89.6 Å². The molecule has 0 fully saturated rings. The number of aromatic nitrogens is 2. The van der Waals surface area contributed by atoms with Gasteiger partial charge in [0.2, 0.25) is 0 Å². The van der Waals surface area contributed by atoms with Gasteiger partial charge in [-0.15, -0.1) is 0 Å². The second kappa shape index (κ2) is 20.8. The van der Waals surface area contributed by atoms with Gasteiger partial charge in [-0.1, -0.05) is 56.8 Å². The van der Waals surface area contributed by atoms with E-state index in [2.05, 4.69) is 27.2 Å². The Balaban J connectivity index is 1.76. The number of nitrogens with one attached hydrogen (secondary N) is 1. The van der Waals surface area contributed by atoms with Crippen LogP contribution >= 0.6 is 11.6 Å². The van der Waals surface area contributed by atoms with Crippen LogP contribution < -0.4 is 27.3 Å². The van der Waals surface area contributed by atoms with Gasteiger partial charge in [-0.2, -0.15) is 0 Å². The number of amides is 1. The number of ether oxygens (including phenoxy) is 1. The third-order valence-corrected chi connectivity index (χ3v) is 7.72. The Kier molecular flexibility index (Phi) is 17.6. The molecule has 0 saturated carbocycles. The van der Waals surface area contributed by atoms with E-state index in [9.17, 15) is 25.2 Å². The molecule has 0 aliphatic carbocycles. The lowest BCUT2D eigenvalue weighted by Gasteiger charge is -2.30. The Morgan fingerprint density at radius 2 is 1.65 bits per heavy atom. The molecule has 46 heavy (non-hydrogen) atoms. The second-order valence-corrected chi connectivity index (χ2v) is 11.5. The molecule has 1 heterocycles. The summed E-state index contributed by atoms with van der Waals surface area (Å²) in [4.78, 5) is 26.1. The van der Waals surface area contributed by atoms with Gasteiger partial charge in [0.05, 0.1) is 12.2 Å². The molecule has 2 aromatic rings. The van der Waals surface area contributed by atoms with E-state index >= 15 is 0 Å². The first-order chi connectivity index (χ1) is 22.0. The molecule has 258 valence electrons. The fourth-order valence-corrected chi connectivity index (χ4v) is 4.76. The average Bonchev–Trinajstić information content (AvgIpc) is 3.03. The van der Waals surface area contributed by atoms with Gasteiger partial charge >= 0.3 is 0 Å². The zero-order valence-electron chi connectivity index (χ0n) is 26.8. The van der Waals surface area contributed by atoms with Crippen molar-refractivity contribution >= 4 is 35.1 Å². The smallest absolute Gasteiger partial charge is 0.280 e. The number of nitrogens with two attached hydrogens (primary N) is 3. The van der Waals surface area contributed by atoms with Crippen molar-refractivity contribution in [1.29, 1.82) is 0 Å². The van der Waals surface area contributed by atoms with Crippen molar-refractivity contribution in [1.82, 2.24) is 20.2 Å². The highest BCUT2D eigenvalue weighted by atomic mass is 35.5. The maximum absolute atomic E-state index is 12.3. The van der Waals surface area contributed by atoms with E-state index in [1.165, 1.54) is 0 Å². The summed E-state index contributed by atoms with van der Waals surface area (Å²) >= 11 is 5.81. The van der Waals surface area contributed by atoms with Gasteiger partial charge in [0, 0.05) is 19.6 Å². The minimum atomic E-state index is -1.44. The number of hydrogen-bond acceptors (Lipinski definition) is 12. The Hall–Kier alpha value is -3.27. The summed E-state index contributed by atoms with van der Waals surface area (Å²) < 4.78 is 5.95. The first kappa shape index (κ1) is 38.9. The number of nitrogens with zero attached hydrogens (tertiary/aromatic N) is 4. The van der Waals surface area contributed by atoms with Gasteiger partial charge in [-0.3, -0.25) is 20.0 Å². The first-order valence-electron chi connectivity index (χ1n) is 15.8. The van der Waals surface area contributed by atoms with E-state index in [-0.39, 0.29) is 41.4 Å². The van der Waals surface area contributed by atoms with E-state index in [0.29, 0.717) is 19.7 Å². The number of aryl methyl sites for hydroxylation is 1. The number of nitrogen functional groups attached to an aromatic ring is 2. The number of carbonyl (C=O) groups is 1. The van der Waals surface area contributed by atoms with Gasteiger partial charge in [0.1, 0.15) is 24.6 Å². The van der Waals surface area contributed by atoms with Gasteiger partial charge in [0.15, 0.2) is 28.4 Å². The Bertz CT molecular complexity index is 1220. The number of unbranched alkanes of at least 4 members (excludes halogenated alkanes) is 4. The molecule has 11 N–H and O–H groups in total. The third kappa shape index (κ3) is 13.6. The van der Waals surface area contributed by atoms with Crippen molar-refractivity contribution in [3.8, 4) is 5.75 Å². The Morgan fingerprint density at radius 3 is 2.33 bits per heavy atom. The SMILES string of the molecule is CCCCCCN(CCOc1ccc(CCCCN=C(N)NC(=O)c2nc(Cl)c(N)nc2N)cc1)C[C@H](O)[C@@H](O)[C@H](O)[C@@H](O)CC. The summed E-state index contributed by atoms with van der Waals surface area (Å²) in [6.45, 7) is 6.05. The number of aliphatic imine (C=N–C) groups is 1. The van der Waals surface area contributed by atoms with E-state index in [4.69, 9.17) is 33.5 Å². The minimum absolute atomic E-state index is 0.0706. The van der Waals surface area contributed by atoms with E-state index in [1.54, 1.807) is 6.92 Å². The number of halogens is 1. The van der Waals surface area contributed by atoms with Gasteiger partial charge < -0.3 is 42.4 Å². The van der Waals surface area contributed by atoms with Crippen LogP contribution in [-0.4, -0.2) is 104 Å². The molecule has 4 atom stereocenters. The van der Waals surface area contributed by atoms with Crippen LogP contribution in [-0.2, 0) is 6.42 Å². The van der Waals surface area contributed by atoms with Crippen LogP contribution in [0.1, 0.15) is 74.8 Å². The first-order valence-corrected chi connectivity index (χ1v) is 16.2. The lowest BCUT2D eigenvalue weighted by Crippen LogP contribution is -2.49. The molecule has 0 unspecified atom stereocenters. The highest BCUT2D eigenvalue weighted by Crippen LogP contribution is 2.18. The Labute approximate surface area is 276 Å². The summed E-state index contributed by atoms with van der Waals surface area (Å²) in [6.07, 6.45) is 1.78. The number of carbonyl (C=O) groups excluding carboxylic acids is 1. The van der Waals surface area contributed by atoms with Crippen LogP contribution in [0.15, 0.2) is 29.3 Å². The molecule has 0 spiro atoms. The second-order valence-electron chi connectivity index (χ2n) is 11.2. The van der Waals surface area contributed by atoms with Crippen molar-refractivity contribution in [3.05, 3.63) is 40.7 Å². The molecule has 0 bridgehead atoms. The highest BCUT2D eigenvalue weighted by Gasteiger charge is 2.30. The number of aliphatic hydroxyl groups is 4. The van der Waals surface area contributed by atoms with Crippen LogP contribution in [0, 0.1) is 0 Å². The van der Waals surface area contributed by atoms with Crippen LogP contribution in [0.3, 0.4) is 0 Å². The molecular formula is C31H51ClN8O6. The molecule has 1 aromatic heterocycles. The molecule has 0 aliphatic heterocycles. The Morgan fingerprint density at radius 1 is 0.957 bits per heavy atom. The largest absolute Gasteiger partial charge is 0.492 e. The average molecular weight is 667 g/mol. The topological polar surface area (TPSA) is 239 Å². The molecule has 15 heteroatoms. The van der Waals surface area contributed by atoms with Gasteiger partial charge in [-0.25, -0.2) is 9.97 Å². The molecular weight excluding hydrogens is 616 g/mol. The predicted molar refractivity (Wildman–Crippen MR) is 180 cm³/mol. The third-order valence-electron chi connectivity index (χ3n) is 7.45. The summed E-state index contributed by atoms with van der Waals surface area (Å²) in [6, 6.07) is 7.82. The number of anilines is 2. The van der Waals surface area contributed by atoms with Crippen LogP contribution in [0.25, 0.3) is 0 Å². The molecule has 0 aliphatic rings. The summed E-state index contributed by atoms with van der Waals surface area (Å²) in [5, 5.41) is 43.1. The van der Waals surface area contributed by atoms with E-state index in [0.717, 1.165) is 62.8 Å². The van der Waals surface area contributed by atoms with Crippen LogP contribution in [0.4, 0.5) is 11.6 Å². The van der Waals surface area contributed by atoms with E-state index in [1.807, 2.05) is 29.2 Å². The van der Waals surface area contributed by atoms with Crippen molar-refractivity contribution in [3.63, 3.8) is 0 Å². The van der Waals surface area contributed by atoms with Crippen LogP contribution in [0.5, 0.6) is 5.75 Å². The minimum Gasteiger partial charge on any atom is -0.492 e. The summed E-state index contributed by atoms with van der Waals surface area (Å²) in [5.74, 6) is -0.278. The van der Waals surface area contributed by atoms with Crippen LogP contribution in [0.2, 0.25) is 5.15 Å². The lowest BCUT2D eigenvalue weighted by molar-refractivity contribution is -0.111. The summed E-state index contributed by atoms with van der Waals surface area (Å²) in [7, 11) is 0. The number of hydrogen-bond donors (Lipinski definition) is 8. The van der Waals surface area contributed by atoms with Crippen molar-refractivity contribution in [2.75, 3.05) is 44.3 Å². The quantitative estimate of drug-likeness (QED) is 0.0537. The fourth-order valence-electron chi connectivity index (χ4n) is 4.63. The fraction of sp³-hybridized carbons (Fsp3) is 0.613. The van der Waals surface area contributed by atoms with Gasteiger partial charge in [-0.05, 0) is 56.3 Å². The molecule has 14 nitrogen and oxygen atoms in total. The molecule has 2 rings (SSSR count). The molecule has 1 amide bonds. The normalized spacial score (nSPS) is 14.6. The van der Waals surface area contributed by atoms with Crippen molar-refractivity contribution in [2.24, 2.45) is 10.7 Å². The molecule has 0 radical (unpaired) electrons. The molecule has 1 aromatic carbocycles. The highest BCUT2D eigenvalue weighted by molar-refractivity contribution is 6.31. The molecule has 0 saturated heterocycles. The number of aliphatic hydroxyl groups excluding tert-OH is 4. The number of benzene rings is 1. The van der Waals surface area contributed by atoms with Gasteiger partial charge in [0.25, 0.3) is 5.91 Å². The predicted octanol–water partition coefficient (Wildman–Crippen LogP) is 1.48. The maximum atomic E-state index is 12.3. The van der Waals surface area contributed by atoms with Crippen molar-refractivity contribution < 1.29 is 30.0 Å². The number of guanidine groups is 1. The lowest BCUT2D eigenvalue weighted by atomic mass is 10.0. The zero-order chi connectivity index (χ0) is 34.1. The zero-order valence-corrected chi connectivity index (χ0v) is 27.6. The standard InChI is InChI=1S/C31H51ClN8O6/c1-3-5-6-9-16-40(19-23(42)26(44)25(43)22(41)4-2)17-18-46-21-13-11-20(12-14-21)10-7-8-15-36-31(35)39-30(45)24-28(33)38-29(34)27(32)37-24/h11-14,22-23,25-26,41-44H,3-10,15-19H2,1-2H3,(H4,33,34,38)(H3,35,36,39,45)/t22-,23-,25+,26+/m0/s1. The maximum Gasteiger partial charge on any atom is 0.280 e. The summed E-state index contributed by atoms with van der Waals surface area (Å²) in [5.41, 5.74) is 18.0. The monoisotopic (exact) mass is 666 g/mol. The number of rotatable bonds is 21. The van der Waals surface area contributed by atoms with E-state index < -0.39 is 30.3 Å².